The van der Waals surface area contributed by atoms with Crippen molar-refractivity contribution in [3.8, 4) is 0 Å². The lowest BCUT2D eigenvalue weighted by Gasteiger charge is -2.39. The molecule has 2 aliphatic rings. The summed E-state index contributed by atoms with van der Waals surface area (Å²) in [5.74, 6) is 1.15. The minimum absolute atomic E-state index is 0.259. The van der Waals surface area contributed by atoms with Crippen LogP contribution in [0.5, 0.6) is 0 Å². The molecule has 2 heteroatoms. The first-order chi connectivity index (χ1) is 6.74. The molecule has 0 aromatic rings. The van der Waals surface area contributed by atoms with E-state index in [1.54, 1.807) is 13.2 Å². The average molecular weight is 194 g/mol. The lowest BCUT2D eigenvalue weighted by atomic mass is 9.66. The Morgan fingerprint density at radius 2 is 1.93 bits per heavy atom. The number of carbonyl (C=O) groups is 1. The first-order valence-electron chi connectivity index (χ1n) is 5.52. The number of rotatable bonds is 1. The van der Waals surface area contributed by atoms with Crippen molar-refractivity contribution in [3.05, 3.63) is 11.8 Å². The lowest BCUT2D eigenvalue weighted by Crippen LogP contribution is -2.30. The fraction of sp³-hybridized carbons (Fsp3) is 0.750. The highest BCUT2D eigenvalue weighted by Gasteiger charge is 2.37. The van der Waals surface area contributed by atoms with E-state index >= 15 is 0 Å². The van der Waals surface area contributed by atoms with Gasteiger partial charge in [-0.25, -0.2) is 0 Å². The van der Waals surface area contributed by atoms with E-state index in [4.69, 9.17) is 4.74 Å². The highest BCUT2D eigenvalue weighted by atomic mass is 16.5. The summed E-state index contributed by atoms with van der Waals surface area (Å²) in [5.41, 5.74) is 0.259. The summed E-state index contributed by atoms with van der Waals surface area (Å²) >= 11 is 0. The van der Waals surface area contributed by atoms with Crippen LogP contribution in [0.15, 0.2) is 11.8 Å². The third-order valence-electron chi connectivity index (χ3n) is 3.60. The zero-order valence-corrected chi connectivity index (χ0v) is 8.84. The van der Waals surface area contributed by atoms with Gasteiger partial charge in [0.25, 0.3) is 0 Å². The van der Waals surface area contributed by atoms with Gasteiger partial charge in [0.2, 0.25) is 0 Å². The van der Waals surface area contributed by atoms with E-state index in [0.717, 1.165) is 18.6 Å². The highest BCUT2D eigenvalue weighted by Crippen LogP contribution is 2.46. The average Bonchev–Trinajstić information content (AvgIpc) is 2.17. The molecule has 0 amide bonds. The predicted molar refractivity (Wildman–Crippen MR) is 54.9 cm³/mol. The minimum atomic E-state index is 0.259. The Labute approximate surface area is 85.3 Å². The van der Waals surface area contributed by atoms with E-state index in [2.05, 4.69) is 0 Å². The van der Waals surface area contributed by atoms with Crippen molar-refractivity contribution in [2.75, 3.05) is 7.11 Å². The lowest BCUT2D eigenvalue weighted by molar-refractivity contribution is -0.118. The van der Waals surface area contributed by atoms with Crippen LogP contribution in [0.3, 0.4) is 0 Å². The minimum Gasteiger partial charge on any atom is -0.501 e. The van der Waals surface area contributed by atoms with E-state index < -0.39 is 0 Å². The molecular weight excluding hydrogens is 176 g/mol. The molecule has 2 aliphatic carbocycles. The van der Waals surface area contributed by atoms with Crippen molar-refractivity contribution in [3.63, 3.8) is 0 Å². The van der Waals surface area contributed by atoms with Gasteiger partial charge in [-0.1, -0.05) is 19.3 Å². The zero-order chi connectivity index (χ0) is 10.0. The second kappa shape index (κ2) is 3.76. The van der Waals surface area contributed by atoms with Crippen LogP contribution in [0.25, 0.3) is 0 Å². The second-order valence-electron chi connectivity index (χ2n) is 4.70. The van der Waals surface area contributed by atoms with Crippen molar-refractivity contribution in [1.29, 1.82) is 0 Å². The van der Waals surface area contributed by atoms with Gasteiger partial charge in [0.15, 0.2) is 5.78 Å². The highest BCUT2D eigenvalue weighted by molar-refractivity contribution is 5.91. The Bertz CT molecular complexity index is 259. The van der Waals surface area contributed by atoms with Crippen LogP contribution < -0.4 is 0 Å². The van der Waals surface area contributed by atoms with E-state index in [0.29, 0.717) is 0 Å². The summed E-state index contributed by atoms with van der Waals surface area (Å²) in [5, 5.41) is 0. The third kappa shape index (κ3) is 1.84. The van der Waals surface area contributed by atoms with Gasteiger partial charge >= 0.3 is 0 Å². The maximum atomic E-state index is 11.5. The van der Waals surface area contributed by atoms with Gasteiger partial charge in [-0.15, -0.1) is 0 Å². The van der Waals surface area contributed by atoms with Crippen molar-refractivity contribution in [2.45, 2.75) is 44.9 Å². The quantitative estimate of drug-likeness (QED) is 0.641. The molecule has 0 aromatic heterocycles. The molecule has 1 fully saturated rings. The molecule has 0 aliphatic heterocycles. The first-order valence-corrected chi connectivity index (χ1v) is 5.52. The maximum Gasteiger partial charge on any atom is 0.159 e. The fourth-order valence-corrected chi connectivity index (χ4v) is 2.87. The first kappa shape index (κ1) is 9.75. The standard InChI is InChI=1S/C12H18O2/c1-14-11-7-10(13)8-12(9-11)5-3-2-4-6-12/h7H,2-6,8-9H2,1H3. The van der Waals surface area contributed by atoms with E-state index in [-0.39, 0.29) is 11.2 Å². The number of hydrogen-bond donors (Lipinski definition) is 0. The van der Waals surface area contributed by atoms with Gasteiger partial charge in [0.05, 0.1) is 12.9 Å². The van der Waals surface area contributed by atoms with Gasteiger partial charge in [0, 0.05) is 18.9 Å². The number of ketones is 1. The Kier molecular flexibility index (Phi) is 2.62. The van der Waals surface area contributed by atoms with Gasteiger partial charge in [-0.2, -0.15) is 0 Å². The summed E-state index contributed by atoms with van der Waals surface area (Å²) in [6, 6.07) is 0. The molecule has 2 nitrogen and oxygen atoms in total. The maximum absolute atomic E-state index is 11.5. The molecule has 0 aromatic carbocycles. The Balaban J connectivity index is 2.14. The van der Waals surface area contributed by atoms with Gasteiger partial charge in [-0.05, 0) is 18.3 Å². The molecule has 1 spiro atoms. The number of ether oxygens (including phenoxy) is 1. The van der Waals surface area contributed by atoms with Gasteiger partial charge in [0.1, 0.15) is 0 Å². The molecule has 0 radical (unpaired) electrons. The normalized spacial score (nSPS) is 26.1. The number of carbonyl (C=O) groups excluding carboxylic acids is 1. The SMILES string of the molecule is COC1=CC(=O)CC2(CCCCC2)C1. The van der Waals surface area contributed by atoms with Crippen LogP contribution in [-0.4, -0.2) is 12.9 Å². The van der Waals surface area contributed by atoms with Crippen molar-refractivity contribution in [2.24, 2.45) is 5.41 Å². The molecule has 0 bridgehead atoms. The molecular formula is C12H18O2. The number of methoxy groups -OCH3 is 1. The largest absolute Gasteiger partial charge is 0.501 e. The van der Waals surface area contributed by atoms with Crippen LogP contribution in [0.2, 0.25) is 0 Å². The molecule has 78 valence electrons. The fourth-order valence-electron chi connectivity index (χ4n) is 2.87. The van der Waals surface area contributed by atoms with Crippen LogP contribution in [0.4, 0.5) is 0 Å². The van der Waals surface area contributed by atoms with Crippen LogP contribution in [0, 0.1) is 5.41 Å². The summed E-state index contributed by atoms with van der Waals surface area (Å²) in [7, 11) is 1.67. The van der Waals surface area contributed by atoms with Crippen molar-refractivity contribution in [1.82, 2.24) is 0 Å². The van der Waals surface area contributed by atoms with Gasteiger partial charge < -0.3 is 4.74 Å². The van der Waals surface area contributed by atoms with E-state index in [9.17, 15) is 4.79 Å². The Morgan fingerprint density at radius 1 is 1.21 bits per heavy atom. The van der Waals surface area contributed by atoms with Crippen molar-refractivity contribution >= 4 is 5.78 Å². The molecule has 0 N–H and O–H groups in total. The second-order valence-corrected chi connectivity index (χ2v) is 4.70. The smallest absolute Gasteiger partial charge is 0.159 e. The number of hydrogen-bond acceptors (Lipinski definition) is 2. The molecule has 1 saturated carbocycles. The van der Waals surface area contributed by atoms with Crippen molar-refractivity contribution < 1.29 is 9.53 Å². The summed E-state index contributed by atoms with van der Waals surface area (Å²) < 4.78 is 5.23. The zero-order valence-electron chi connectivity index (χ0n) is 8.84. The Morgan fingerprint density at radius 3 is 2.57 bits per heavy atom. The van der Waals surface area contributed by atoms with Crippen LogP contribution in [-0.2, 0) is 9.53 Å². The summed E-state index contributed by atoms with van der Waals surface area (Å²) in [6.45, 7) is 0. The molecule has 14 heavy (non-hydrogen) atoms. The Hall–Kier alpha value is -0.790. The molecule has 0 saturated heterocycles. The van der Waals surface area contributed by atoms with E-state index in [1.807, 2.05) is 0 Å². The summed E-state index contributed by atoms with van der Waals surface area (Å²) in [6.07, 6.45) is 9.73. The molecule has 0 atom stereocenters. The molecule has 0 heterocycles. The topological polar surface area (TPSA) is 26.3 Å². The molecule has 2 rings (SSSR count). The third-order valence-corrected chi connectivity index (χ3v) is 3.60. The van der Waals surface area contributed by atoms with Crippen LogP contribution >= 0.6 is 0 Å². The monoisotopic (exact) mass is 194 g/mol. The number of allylic oxidation sites excluding steroid dienone is 2. The predicted octanol–water partition coefficient (Wildman–Crippen LogP) is 2.83. The summed E-state index contributed by atoms with van der Waals surface area (Å²) in [4.78, 5) is 11.5. The molecule has 0 unspecified atom stereocenters. The van der Waals surface area contributed by atoms with Crippen LogP contribution in [0.1, 0.15) is 44.9 Å². The van der Waals surface area contributed by atoms with Gasteiger partial charge in [-0.3, -0.25) is 4.79 Å². The van der Waals surface area contributed by atoms with E-state index in [1.165, 1.54) is 32.1 Å².